The van der Waals surface area contributed by atoms with Gasteiger partial charge in [-0.1, -0.05) is 6.92 Å². The number of anilines is 1. The number of H-pyrrole nitrogens is 1. The van der Waals surface area contributed by atoms with Gasteiger partial charge in [-0.15, -0.1) is 0 Å². The van der Waals surface area contributed by atoms with E-state index in [4.69, 9.17) is 5.73 Å². The molecule has 2 rings (SSSR count). The normalized spacial score (nSPS) is 10.6. The molecular formula is C12H18N6O. The van der Waals surface area contributed by atoms with Crippen molar-refractivity contribution in [3.8, 4) is 0 Å². The minimum atomic E-state index is -0.209. The van der Waals surface area contributed by atoms with Crippen molar-refractivity contribution in [2.24, 2.45) is 7.05 Å². The zero-order chi connectivity index (χ0) is 13.8. The summed E-state index contributed by atoms with van der Waals surface area (Å²) in [6.45, 7) is 2.45. The van der Waals surface area contributed by atoms with Gasteiger partial charge in [-0.05, 0) is 6.42 Å². The molecule has 0 aliphatic carbocycles. The number of carbonyl (C=O) groups is 1. The molecule has 0 radical (unpaired) electrons. The van der Waals surface area contributed by atoms with E-state index in [0.717, 1.165) is 11.5 Å². The molecule has 0 saturated heterocycles. The molecule has 0 unspecified atom stereocenters. The second kappa shape index (κ2) is 5.55. The Bertz CT molecular complexity index is 557. The third kappa shape index (κ3) is 2.75. The lowest BCUT2D eigenvalue weighted by atomic mass is 10.2. The molecule has 2 heterocycles. The predicted molar refractivity (Wildman–Crippen MR) is 71.6 cm³/mol. The summed E-state index contributed by atoms with van der Waals surface area (Å²) >= 11 is 0. The van der Waals surface area contributed by atoms with Crippen LogP contribution >= 0.6 is 0 Å². The molecule has 7 heteroatoms. The molecule has 0 bridgehead atoms. The maximum atomic E-state index is 12.1. The largest absolute Gasteiger partial charge is 0.395 e. The Balaban J connectivity index is 1.98. The molecule has 7 nitrogen and oxygen atoms in total. The lowest BCUT2D eigenvalue weighted by Gasteiger charge is -2.05. The van der Waals surface area contributed by atoms with Crippen LogP contribution < -0.4 is 11.1 Å². The number of hydrogen-bond donors (Lipinski definition) is 3. The van der Waals surface area contributed by atoms with Crippen molar-refractivity contribution in [1.29, 1.82) is 0 Å². The lowest BCUT2D eigenvalue weighted by molar-refractivity contribution is 0.0945. The highest BCUT2D eigenvalue weighted by atomic mass is 16.2. The summed E-state index contributed by atoms with van der Waals surface area (Å²) < 4.78 is 1.52. The second-order valence-electron chi connectivity index (χ2n) is 4.23. The molecule has 19 heavy (non-hydrogen) atoms. The lowest BCUT2D eigenvalue weighted by Crippen LogP contribution is -2.28. The van der Waals surface area contributed by atoms with Gasteiger partial charge in [0, 0.05) is 32.4 Å². The fraction of sp³-hybridized carbons (Fsp3) is 0.417. The highest BCUT2D eigenvalue weighted by Gasteiger charge is 2.18. The fourth-order valence-corrected chi connectivity index (χ4v) is 1.94. The zero-order valence-corrected chi connectivity index (χ0v) is 11.1. The number of hydrogen-bond acceptors (Lipinski definition) is 4. The molecule has 2 aromatic rings. The van der Waals surface area contributed by atoms with Gasteiger partial charge in [-0.3, -0.25) is 9.48 Å². The molecular weight excluding hydrogens is 244 g/mol. The van der Waals surface area contributed by atoms with Crippen LogP contribution in [0, 0.1) is 0 Å². The van der Waals surface area contributed by atoms with E-state index in [1.807, 2.05) is 6.92 Å². The van der Waals surface area contributed by atoms with Crippen molar-refractivity contribution < 1.29 is 4.79 Å². The van der Waals surface area contributed by atoms with Crippen molar-refractivity contribution >= 4 is 11.6 Å². The zero-order valence-electron chi connectivity index (χ0n) is 11.1. The Kier molecular flexibility index (Phi) is 3.84. The maximum absolute atomic E-state index is 12.1. The fourth-order valence-electron chi connectivity index (χ4n) is 1.94. The van der Waals surface area contributed by atoms with Crippen LogP contribution in [0.4, 0.5) is 5.69 Å². The number of imidazole rings is 1. The van der Waals surface area contributed by atoms with Gasteiger partial charge in [0.1, 0.15) is 11.5 Å². The molecule has 1 amide bonds. The van der Waals surface area contributed by atoms with Crippen molar-refractivity contribution in [3.05, 3.63) is 29.6 Å². The molecule has 0 aromatic carbocycles. The first-order chi connectivity index (χ1) is 9.13. The maximum Gasteiger partial charge on any atom is 0.271 e. The Hall–Kier alpha value is -2.31. The molecule has 0 spiro atoms. The smallest absolute Gasteiger partial charge is 0.271 e. The Labute approximate surface area is 111 Å². The van der Waals surface area contributed by atoms with Gasteiger partial charge in [0.05, 0.1) is 11.4 Å². The van der Waals surface area contributed by atoms with Gasteiger partial charge >= 0.3 is 0 Å². The van der Waals surface area contributed by atoms with E-state index in [1.54, 1.807) is 19.4 Å². The first-order valence-corrected chi connectivity index (χ1v) is 6.21. The predicted octanol–water partition coefficient (Wildman–Crippen LogP) is 0.260. The van der Waals surface area contributed by atoms with Crippen molar-refractivity contribution in [2.45, 2.75) is 19.8 Å². The summed E-state index contributed by atoms with van der Waals surface area (Å²) in [7, 11) is 1.72. The molecule has 2 aromatic heterocycles. The Morgan fingerprint density at radius 2 is 2.37 bits per heavy atom. The van der Waals surface area contributed by atoms with Crippen LogP contribution in [0.5, 0.6) is 0 Å². The number of carbonyl (C=O) groups excluding carboxylic acids is 1. The third-order valence-corrected chi connectivity index (χ3v) is 2.91. The number of amides is 1. The topological polar surface area (TPSA) is 102 Å². The van der Waals surface area contributed by atoms with E-state index < -0.39 is 0 Å². The van der Waals surface area contributed by atoms with E-state index in [-0.39, 0.29) is 5.91 Å². The average Bonchev–Trinajstić information content (AvgIpc) is 2.97. The van der Waals surface area contributed by atoms with Crippen LogP contribution in [0.3, 0.4) is 0 Å². The van der Waals surface area contributed by atoms with Gasteiger partial charge < -0.3 is 16.0 Å². The number of aryl methyl sites for hydroxylation is 2. The summed E-state index contributed by atoms with van der Waals surface area (Å²) in [6.07, 6.45) is 4.80. The van der Waals surface area contributed by atoms with Crippen molar-refractivity contribution in [3.63, 3.8) is 0 Å². The van der Waals surface area contributed by atoms with Gasteiger partial charge in [0.2, 0.25) is 0 Å². The number of aromatic nitrogens is 4. The average molecular weight is 262 g/mol. The van der Waals surface area contributed by atoms with Crippen LogP contribution in [0.15, 0.2) is 12.4 Å². The second-order valence-corrected chi connectivity index (χ2v) is 4.23. The van der Waals surface area contributed by atoms with Crippen molar-refractivity contribution in [1.82, 2.24) is 25.1 Å². The number of rotatable bonds is 5. The van der Waals surface area contributed by atoms with E-state index >= 15 is 0 Å². The number of nitrogen functional groups attached to an aromatic ring is 1. The summed E-state index contributed by atoms with van der Waals surface area (Å²) in [5.41, 5.74) is 7.54. The SMILES string of the molecule is CCc1nn(C)c(C(=O)NCCc2ncc[nH]2)c1N. The number of nitrogens with zero attached hydrogens (tertiary/aromatic N) is 3. The van der Waals surface area contributed by atoms with E-state index in [1.165, 1.54) is 4.68 Å². The van der Waals surface area contributed by atoms with Crippen LogP contribution in [0.25, 0.3) is 0 Å². The van der Waals surface area contributed by atoms with Gasteiger partial charge in [-0.2, -0.15) is 5.10 Å². The highest BCUT2D eigenvalue weighted by molar-refractivity contribution is 5.97. The molecule has 0 aliphatic rings. The van der Waals surface area contributed by atoms with E-state index in [2.05, 4.69) is 20.4 Å². The van der Waals surface area contributed by atoms with Crippen LogP contribution in [-0.2, 0) is 19.9 Å². The van der Waals surface area contributed by atoms with Crippen LogP contribution in [0.2, 0.25) is 0 Å². The van der Waals surface area contributed by atoms with Gasteiger partial charge in [-0.25, -0.2) is 4.98 Å². The van der Waals surface area contributed by atoms with Gasteiger partial charge in [0.25, 0.3) is 5.91 Å². The first kappa shape index (κ1) is 13.1. The van der Waals surface area contributed by atoms with E-state index in [0.29, 0.717) is 30.8 Å². The molecule has 0 saturated carbocycles. The molecule has 0 fully saturated rings. The summed E-state index contributed by atoms with van der Waals surface area (Å²) in [5.74, 6) is 0.631. The minimum Gasteiger partial charge on any atom is -0.395 e. The Morgan fingerprint density at radius 3 is 2.95 bits per heavy atom. The molecule has 0 atom stereocenters. The Morgan fingerprint density at radius 1 is 1.58 bits per heavy atom. The standard InChI is InChI=1S/C12H18N6O/c1-3-8-10(13)11(18(2)17-8)12(19)16-5-4-9-14-6-7-15-9/h6-7H,3-5,13H2,1-2H3,(H,14,15)(H,16,19). The summed E-state index contributed by atoms with van der Waals surface area (Å²) in [4.78, 5) is 19.1. The molecule has 102 valence electrons. The van der Waals surface area contributed by atoms with Crippen molar-refractivity contribution in [2.75, 3.05) is 12.3 Å². The first-order valence-electron chi connectivity index (χ1n) is 6.21. The summed E-state index contributed by atoms with van der Waals surface area (Å²) in [6, 6.07) is 0. The molecule has 4 N–H and O–H groups in total. The minimum absolute atomic E-state index is 0.209. The van der Waals surface area contributed by atoms with Crippen LogP contribution in [0.1, 0.15) is 28.9 Å². The molecule has 0 aliphatic heterocycles. The summed E-state index contributed by atoms with van der Waals surface area (Å²) in [5, 5.41) is 7.04. The quantitative estimate of drug-likeness (QED) is 0.719. The van der Waals surface area contributed by atoms with Gasteiger partial charge in [0.15, 0.2) is 0 Å². The number of aromatic amines is 1. The highest BCUT2D eigenvalue weighted by Crippen LogP contribution is 2.16. The number of nitrogens with two attached hydrogens (primary N) is 1. The van der Waals surface area contributed by atoms with Crippen LogP contribution in [-0.4, -0.2) is 32.2 Å². The van der Waals surface area contributed by atoms with E-state index in [9.17, 15) is 4.79 Å². The third-order valence-electron chi connectivity index (χ3n) is 2.91. The number of nitrogens with one attached hydrogen (secondary N) is 2. The monoisotopic (exact) mass is 262 g/mol.